The molecule has 2 nitrogen and oxygen atoms in total. The van der Waals surface area contributed by atoms with Crippen LogP contribution >= 0.6 is 11.1 Å². The molecule has 0 aliphatic carbocycles. The zero-order valence-corrected chi connectivity index (χ0v) is 11.6. The van der Waals surface area contributed by atoms with E-state index in [9.17, 15) is 4.79 Å². The highest BCUT2D eigenvalue weighted by Gasteiger charge is 2.32. The summed E-state index contributed by atoms with van der Waals surface area (Å²) < 4.78 is 0. The Kier molecular flexibility index (Phi) is 6.72. The van der Waals surface area contributed by atoms with Crippen molar-refractivity contribution in [3.8, 4) is 0 Å². The van der Waals surface area contributed by atoms with E-state index in [0.717, 1.165) is 6.41 Å². The average Bonchev–Trinajstić information content (AvgIpc) is 1.84. The lowest BCUT2D eigenvalue weighted by atomic mass is 10.2. The zero-order valence-electron chi connectivity index (χ0n) is 9.81. The maximum absolute atomic E-state index is 9.43. The lowest BCUT2D eigenvalue weighted by Gasteiger charge is -2.29. The Hall–Kier alpha value is -0.0231. The molecule has 0 saturated carbocycles. The molecule has 0 rings (SSSR count). The van der Waals surface area contributed by atoms with E-state index in [1.807, 2.05) is 0 Å². The quantitative estimate of drug-likeness (QED) is 0.380. The van der Waals surface area contributed by atoms with Crippen LogP contribution in [0, 0.1) is 0 Å². The molecule has 4 heteroatoms. The molecule has 0 aromatic carbocycles. The molecule has 13 heavy (non-hydrogen) atoms. The van der Waals surface area contributed by atoms with Gasteiger partial charge in [0.25, 0.3) is 0 Å². The van der Waals surface area contributed by atoms with Crippen molar-refractivity contribution in [2.75, 3.05) is 14.1 Å². The van der Waals surface area contributed by atoms with E-state index in [0.29, 0.717) is 5.04 Å². The van der Waals surface area contributed by atoms with Gasteiger partial charge < -0.3 is 4.90 Å². The van der Waals surface area contributed by atoms with Gasteiger partial charge >= 0.3 is 0 Å². The maximum atomic E-state index is 9.43. The summed E-state index contributed by atoms with van der Waals surface area (Å²) in [5, 5.41) is 0.342. The van der Waals surface area contributed by atoms with Crippen molar-refractivity contribution >= 4 is 24.9 Å². The van der Waals surface area contributed by atoms with E-state index in [1.165, 1.54) is 4.90 Å². The Morgan fingerprint density at radius 3 is 1.38 bits per heavy atom. The molecular weight excluding hydrogens is 202 g/mol. The van der Waals surface area contributed by atoms with Crippen LogP contribution in [0.2, 0.25) is 18.1 Å². The fourth-order valence-electron chi connectivity index (χ4n) is 0. The van der Waals surface area contributed by atoms with Gasteiger partial charge in [0.1, 0.15) is 0 Å². The van der Waals surface area contributed by atoms with Crippen LogP contribution in [0.3, 0.4) is 0 Å². The average molecular weight is 224 g/mol. The van der Waals surface area contributed by atoms with Crippen molar-refractivity contribution in [1.82, 2.24) is 4.90 Å². The number of halogens is 1. The first kappa shape index (κ1) is 15.4. The molecule has 0 radical (unpaired) electrons. The summed E-state index contributed by atoms with van der Waals surface area (Å²) in [6.45, 7) is 11.0. The lowest BCUT2D eigenvalue weighted by Crippen LogP contribution is -2.29. The first-order valence-electron chi connectivity index (χ1n) is 4.33. The number of nitrogens with zero attached hydrogens (tertiary/aromatic N) is 1. The van der Waals surface area contributed by atoms with Gasteiger partial charge in [0, 0.05) is 14.1 Å². The van der Waals surface area contributed by atoms with Crippen LogP contribution < -0.4 is 0 Å². The molecule has 0 unspecified atom stereocenters. The topological polar surface area (TPSA) is 20.3 Å². The SMILES string of the molecule is CC(C)(C)[Si](C)(C)Cl.CN(C)C=O. The summed E-state index contributed by atoms with van der Waals surface area (Å²) in [6.07, 6.45) is 0.750. The Morgan fingerprint density at radius 2 is 1.38 bits per heavy atom. The highest BCUT2D eigenvalue weighted by molar-refractivity contribution is 7.20. The smallest absolute Gasteiger partial charge is 0.209 e. The van der Waals surface area contributed by atoms with Crippen LogP contribution in [-0.4, -0.2) is 32.8 Å². The van der Waals surface area contributed by atoms with Gasteiger partial charge in [-0.05, 0) is 5.04 Å². The molecule has 0 heterocycles. The molecule has 0 saturated heterocycles. The third kappa shape index (κ3) is 9.89. The van der Waals surface area contributed by atoms with Crippen LogP contribution in [0.15, 0.2) is 0 Å². The predicted molar refractivity (Wildman–Crippen MR) is 62.8 cm³/mol. The van der Waals surface area contributed by atoms with Crippen molar-refractivity contribution in [1.29, 1.82) is 0 Å². The predicted octanol–water partition coefficient (Wildman–Crippen LogP) is 2.93. The molecular formula is C9H22ClNOSi. The van der Waals surface area contributed by atoms with Crippen LogP contribution in [0.1, 0.15) is 20.8 Å². The highest BCUT2D eigenvalue weighted by atomic mass is 35.6. The number of hydrogen-bond acceptors (Lipinski definition) is 1. The standard InChI is InChI=1S/C6H15ClSi.C3H7NO/c1-6(2,3)8(4,5)7;1-4(2)3-5/h1-5H3;3H,1-2H3. The van der Waals surface area contributed by atoms with Crippen molar-refractivity contribution in [2.45, 2.75) is 38.9 Å². The molecule has 0 aromatic heterocycles. The Balaban J connectivity index is 0. The van der Waals surface area contributed by atoms with Crippen molar-refractivity contribution in [3.63, 3.8) is 0 Å². The molecule has 0 spiro atoms. The van der Waals surface area contributed by atoms with Gasteiger partial charge in [0.2, 0.25) is 6.41 Å². The molecule has 0 aliphatic rings. The number of carbonyl (C=O) groups is 1. The van der Waals surface area contributed by atoms with E-state index >= 15 is 0 Å². The Morgan fingerprint density at radius 1 is 1.23 bits per heavy atom. The number of hydrogen-bond donors (Lipinski definition) is 0. The normalized spacial score (nSPS) is 11.4. The Labute approximate surface area is 88.0 Å². The minimum Gasteiger partial charge on any atom is -0.351 e. The molecule has 1 amide bonds. The summed E-state index contributed by atoms with van der Waals surface area (Å²) in [5.74, 6) is 0. The Bertz CT molecular complexity index is 135. The van der Waals surface area contributed by atoms with Crippen LogP contribution in [0.5, 0.6) is 0 Å². The second kappa shape index (κ2) is 5.65. The molecule has 0 aliphatic heterocycles. The summed E-state index contributed by atoms with van der Waals surface area (Å²) in [4.78, 5) is 10.9. The van der Waals surface area contributed by atoms with Gasteiger partial charge in [-0.2, -0.15) is 11.1 Å². The second-order valence-corrected chi connectivity index (χ2v) is 12.1. The van der Waals surface area contributed by atoms with Crippen molar-refractivity contribution in [3.05, 3.63) is 0 Å². The number of amides is 1. The van der Waals surface area contributed by atoms with E-state index < -0.39 is 7.38 Å². The molecule has 0 atom stereocenters. The minimum atomic E-state index is -1.39. The summed E-state index contributed by atoms with van der Waals surface area (Å²) in [5.41, 5.74) is 0. The molecule has 80 valence electrons. The number of carbonyl (C=O) groups excluding carboxylic acids is 1. The van der Waals surface area contributed by atoms with Crippen molar-refractivity contribution in [2.24, 2.45) is 0 Å². The summed E-state index contributed by atoms with van der Waals surface area (Å²) in [7, 11) is 1.99. The first-order chi connectivity index (χ1) is 5.52. The van der Waals surface area contributed by atoms with E-state index in [-0.39, 0.29) is 0 Å². The van der Waals surface area contributed by atoms with Crippen molar-refractivity contribution < 1.29 is 4.79 Å². The fraction of sp³-hybridized carbons (Fsp3) is 0.889. The van der Waals surface area contributed by atoms with Crippen LogP contribution in [0.25, 0.3) is 0 Å². The second-order valence-electron chi connectivity index (χ2n) is 4.79. The van der Waals surface area contributed by atoms with Gasteiger partial charge in [0.05, 0.1) is 0 Å². The van der Waals surface area contributed by atoms with E-state index in [4.69, 9.17) is 11.1 Å². The monoisotopic (exact) mass is 223 g/mol. The molecule has 0 N–H and O–H groups in total. The third-order valence-corrected chi connectivity index (χ3v) is 7.26. The first-order valence-corrected chi connectivity index (χ1v) is 8.34. The largest absolute Gasteiger partial charge is 0.351 e. The zero-order chi connectivity index (χ0) is 11.3. The summed E-state index contributed by atoms with van der Waals surface area (Å²) >= 11 is 6.15. The molecule has 0 aromatic rings. The highest BCUT2D eigenvalue weighted by Crippen LogP contribution is 2.38. The summed E-state index contributed by atoms with van der Waals surface area (Å²) in [6, 6.07) is 0. The van der Waals surface area contributed by atoms with Gasteiger partial charge in [0.15, 0.2) is 7.38 Å². The van der Waals surface area contributed by atoms with Crippen LogP contribution in [-0.2, 0) is 4.79 Å². The van der Waals surface area contributed by atoms with E-state index in [1.54, 1.807) is 14.1 Å². The van der Waals surface area contributed by atoms with Gasteiger partial charge in [-0.15, -0.1) is 0 Å². The van der Waals surface area contributed by atoms with Gasteiger partial charge in [-0.3, -0.25) is 4.79 Å². The fourth-order valence-corrected chi connectivity index (χ4v) is 0. The molecule has 0 fully saturated rings. The van der Waals surface area contributed by atoms with Gasteiger partial charge in [-0.25, -0.2) is 0 Å². The number of rotatable bonds is 1. The molecule has 0 bridgehead atoms. The maximum Gasteiger partial charge on any atom is 0.209 e. The van der Waals surface area contributed by atoms with Gasteiger partial charge in [-0.1, -0.05) is 33.9 Å². The van der Waals surface area contributed by atoms with Crippen LogP contribution in [0.4, 0.5) is 0 Å². The minimum absolute atomic E-state index is 0.342. The lowest BCUT2D eigenvalue weighted by molar-refractivity contribution is -0.115. The third-order valence-electron chi connectivity index (χ3n) is 1.99. The van der Waals surface area contributed by atoms with E-state index in [2.05, 4.69) is 33.9 Å².